The third-order valence-electron chi connectivity index (χ3n) is 7.60. The van der Waals surface area contributed by atoms with E-state index >= 15 is 0 Å². The fourth-order valence-corrected chi connectivity index (χ4v) is 6.05. The highest BCUT2D eigenvalue weighted by molar-refractivity contribution is 6.34. The van der Waals surface area contributed by atoms with Crippen LogP contribution >= 0.6 is 23.2 Å². The number of amides is 2. The molecule has 41 heavy (non-hydrogen) atoms. The Morgan fingerprint density at radius 3 is 2.63 bits per heavy atom. The molecule has 2 aromatic heterocycles. The maximum atomic E-state index is 13.9. The van der Waals surface area contributed by atoms with Crippen molar-refractivity contribution in [3.63, 3.8) is 0 Å². The molecule has 0 radical (unpaired) electrons. The number of Topliss-reactive ketones (excluding diaryl/α,β-unsaturated/α-hetero) is 1. The minimum Gasteiger partial charge on any atom is -0.324 e. The van der Waals surface area contributed by atoms with Gasteiger partial charge in [0.2, 0.25) is 0 Å². The van der Waals surface area contributed by atoms with Crippen LogP contribution in [-0.4, -0.2) is 45.1 Å². The van der Waals surface area contributed by atoms with E-state index in [-0.39, 0.29) is 42.0 Å². The molecule has 0 saturated heterocycles. The van der Waals surface area contributed by atoms with E-state index < -0.39 is 6.04 Å². The van der Waals surface area contributed by atoms with Crippen molar-refractivity contribution in [2.75, 3.05) is 11.4 Å². The first-order valence-corrected chi connectivity index (χ1v) is 14.1. The number of benzene rings is 2. The van der Waals surface area contributed by atoms with Crippen LogP contribution in [0.3, 0.4) is 0 Å². The first kappa shape index (κ1) is 27.1. The molecule has 0 spiro atoms. The Bertz CT molecular complexity index is 1690. The van der Waals surface area contributed by atoms with Gasteiger partial charge in [-0.25, -0.2) is 4.98 Å². The van der Waals surface area contributed by atoms with Gasteiger partial charge in [-0.1, -0.05) is 41.4 Å². The van der Waals surface area contributed by atoms with E-state index in [4.69, 9.17) is 23.2 Å². The summed E-state index contributed by atoms with van der Waals surface area (Å²) in [5.41, 5.74) is 4.90. The number of nitrogens with zero attached hydrogens (tertiary/aromatic N) is 4. The third-order valence-corrected chi connectivity index (χ3v) is 8.15. The number of rotatable bonds is 5. The molecule has 0 saturated carbocycles. The maximum Gasteiger partial charge on any atom is 0.260 e. The molecule has 2 aliphatic heterocycles. The SMILES string of the molecule is Cc1cnc2c(c1)CCN2C(=O)c1ccc(CN2C(=O)c3ccc(Cl)cc3CC(=O)[C@H]2Cc2ccccn2)cc1Cl. The van der Waals surface area contributed by atoms with Gasteiger partial charge >= 0.3 is 0 Å². The molecule has 2 amide bonds. The predicted octanol–water partition coefficient (Wildman–Crippen LogP) is 5.67. The van der Waals surface area contributed by atoms with Gasteiger partial charge in [-0.05, 0) is 78.1 Å². The lowest BCUT2D eigenvalue weighted by molar-refractivity contribution is -0.122. The molecular formula is C32H26Cl2N4O3. The number of hydrogen-bond donors (Lipinski definition) is 0. The minimum absolute atomic E-state index is 0.0920. The van der Waals surface area contributed by atoms with Gasteiger partial charge in [0, 0.05) is 54.6 Å². The second-order valence-electron chi connectivity index (χ2n) is 10.4. The van der Waals surface area contributed by atoms with Gasteiger partial charge in [0.05, 0.1) is 16.6 Å². The summed E-state index contributed by atoms with van der Waals surface area (Å²) >= 11 is 12.9. The average molecular weight is 585 g/mol. The molecule has 7 nitrogen and oxygen atoms in total. The lowest BCUT2D eigenvalue weighted by atomic mass is 9.99. The van der Waals surface area contributed by atoms with Crippen LogP contribution in [0.1, 0.15) is 48.7 Å². The molecule has 4 heterocycles. The molecule has 0 unspecified atom stereocenters. The zero-order valence-corrected chi connectivity index (χ0v) is 23.8. The molecule has 9 heteroatoms. The third kappa shape index (κ3) is 5.35. The monoisotopic (exact) mass is 584 g/mol. The Hall–Kier alpha value is -4.07. The van der Waals surface area contributed by atoms with E-state index in [1.54, 1.807) is 58.6 Å². The standard InChI is InChI=1S/C32H26Cl2N4O3/c1-19-12-21-9-11-37(30(21)36-17-19)32(41)26-7-5-20(13-27(26)34)18-38-28(16-24-4-2-3-10-35-24)29(39)15-22-14-23(33)6-8-25(22)31(38)40/h2-8,10,12-14,17,28H,9,11,15-16,18H2,1H3/t28-/m1/s1. The fraction of sp³-hybridized carbons (Fsp3) is 0.219. The number of aromatic nitrogens is 2. The molecule has 206 valence electrons. The van der Waals surface area contributed by atoms with Gasteiger partial charge in [-0.15, -0.1) is 0 Å². The van der Waals surface area contributed by atoms with E-state index in [1.807, 2.05) is 31.2 Å². The van der Waals surface area contributed by atoms with Crippen LogP contribution in [0.15, 0.2) is 73.1 Å². The van der Waals surface area contributed by atoms with E-state index in [2.05, 4.69) is 9.97 Å². The topological polar surface area (TPSA) is 83.5 Å². The zero-order valence-electron chi connectivity index (χ0n) is 22.3. The number of hydrogen-bond acceptors (Lipinski definition) is 5. The van der Waals surface area contributed by atoms with Gasteiger partial charge in [0.25, 0.3) is 11.8 Å². The quantitative estimate of drug-likeness (QED) is 0.301. The Morgan fingerprint density at radius 1 is 1.00 bits per heavy atom. The molecule has 2 aliphatic rings. The highest BCUT2D eigenvalue weighted by Crippen LogP contribution is 2.31. The van der Waals surface area contributed by atoms with Gasteiger partial charge in [-0.2, -0.15) is 0 Å². The number of carbonyl (C=O) groups excluding carboxylic acids is 3. The summed E-state index contributed by atoms with van der Waals surface area (Å²) in [6.45, 7) is 2.64. The Morgan fingerprint density at radius 2 is 1.85 bits per heavy atom. The van der Waals surface area contributed by atoms with Gasteiger partial charge in [0.15, 0.2) is 5.78 Å². The molecule has 0 fully saturated rings. The first-order valence-electron chi connectivity index (χ1n) is 13.4. The minimum atomic E-state index is -0.737. The van der Waals surface area contributed by atoms with Gasteiger partial charge in [-0.3, -0.25) is 24.3 Å². The smallest absolute Gasteiger partial charge is 0.260 e. The highest BCUT2D eigenvalue weighted by Gasteiger charge is 2.36. The molecule has 0 aliphatic carbocycles. The largest absolute Gasteiger partial charge is 0.324 e. The molecule has 4 aromatic rings. The Kier molecular flexibility index (Phi) is 7.32. The fourth-order valence-electron chi connectivity index (χ4n) is 5.57. The lowest BCUT2D eigenvalue weighted by Crippen LogP contribution is -2.45. The van der Waals surface area contributed by atoms with Crippen molar-refractivity contribution in [1.29, 1.82) is 0 Å². The van der Waals surface area contributed by atoms with Crippen LogP contribution in [-0.2, 0) is 30.6 Å². The van der Waals surface area contributed by atoms with Crippen molar-refractivity contribution in [1.82, 2.24) is 14.9 Å². The van der Waals surface area contributed by atoms with E-state index in [0.29, 0.717) is 45.3 Å². The van der Waals surface area contributed by atoms with Crippen molar-refractivity contribution in [2.24, 2.45) is 0 Å². The number of pyridine rings is 2. The van der Waals surface area contributed by atoms with Crippen molar-refractivity contribution >= 4 is 46.6 Å². The molecule has 6 rings (SSSR count). The summed E-state index contributed by atoms with van der Waals surface area (Å²) < 4.78 is 0. The van der Waals surface area contributed by atoms with E-state index in [9.17, 15) is 14.4 Å². The summed E-state index contributed by atoms with van der Waals surface area (Å²) in [6, 6.07) is 17.0. The van der Waals surface area contributed by atoms with Crippen LogP contribution in [0, 0.1) is 6.92 Å². The first-order chi connectivity index (χ1) is 19.8. The van der Waals surface area contributed by atoms with Crippen molar-refractivity contribution in [2.45, 2.75) is 38.8 Å². The van der Waals surface area contributed by atoms with Crippen LogP contribution in [0.2, 0.25) is 10.0 Å². The summed E-state index contributed by atoms with van der Waals surface area (Å²) in [6.07, 6.45) is 4.53. The highest BCUT2D eigenvalue weighted by atomic mass is 35.5. The average Bonchev–Trinajstić information content (AvgIpc) is 3.34. The van der Waals surface area contributed by atoms with Crippen molar-refractivity contribution in [3.05, 3.63) is 122 Å². The Balaban J connectivity index is 1.31. The van der Waals surface area contributed by atoms with E-state index in [0.717, 1.165) is 17.5 Å². The van der Waals surface area contributed by atoms with Crippen LogP contribution < -0.4 is 4.90 Å². The summed E-state index contributed by atoms with van der Waals surface area (Å²) in [4.78, 5) is 53.0. The summed E-state index contributed by atoms with van der Waals surface area (Å²) in [5, 5.41) is 0.743. The number of fused-ring (bicyclic) bond motifs is 2. The predicted molar refractivity (Wildman–Crippen MR) is 158 cm³/mol. The normalized spacial score (nSPS) is 16.4. The van der Waals surface area contributed by atoms with Crippen LogP contribution in [0.4, 0.5) is 5.82 Å². The van der Waals surface area contributed by atoms with Gasteiger partial charge in [0.1, 0.15) is 5.82 Å². The number of anilines is 1. The zero-order chi connectivity index (χ0) is 28.7. The number of ketones is 1. The molecule has 2 aromatic carbocycles. The maximum absolute atomic E-state index is 13.9. The van der Waals surface area contributed by atoms with Gasteiger partial charge < -0.3 is 4.90 Å². The van der Waals surface area contributed by atoms with E-state index in [1.165, 1.54) is 0 Å². The van der Waals surface area contributed by atoms with Crippen LogP contribution in [0.25, 0.3) is 0 Å². The number of carbonyl (C=O) groups is 3. The molecule has 1 atom stereocenters. The molecular weight excluding hydrogens is 559 g/mol. The van der Waals surface area contributed by atoms with Crippen LogP contribution in [0.5, 0.6) is 0 Å². The second kappa shape index (κ2) is 11.1. The summed E-state index contributed by atoms with van der Waals surface area (Å²) in [5.74, 6) is 0.0650. The van der Waals surface area contributed by atoms with Crippen molar-refractivity contribution in [3.8, 4) is 0 Å². The number of halogens is 2. The van der Waals surface area contributed by atoms with Crippen molar-refractivity contribution < 1.29 is 14.4 Å². The summed E-state index contributed by atoms with van der Waals surface area (Å²) in [7, 11) is 0. The number of aryl methyl sites for hydroxylation is 1. The lowest BCUT2D eigenvalue weighted by Gasteiger charge is -2.29. The second-order valence-corrected chi connectivity index (χ2v) is 11.3. The Labute approximate surface area is 247 Å². The molecule has 0 bridgehead atoms. The molecule has 0 N–H and O–H groups in total.